The normalized spacial score (nSPS) is 18.9. The molecule has 10 heteroatoms. The number of nitrogens with zero attached hydrogens (tertiary/aromatic N) is 2. The highest BCUT2D eigenvalue weighted by Crippen LogP contribution is 2.31. The molecule has 0 aliphatic carbocycles. The Morgan fingerprint density at radius 2 is 2.24 bits per heavy atom. The second-order valence-electron chi connectivity index (χ2n) is 4.62. The average molecular weight is 332 g/mol. The van der Waals surface area contributed by atoms with Gasteiger partial charge in [0, 0.05) is 31.0 Å². The number of hydrogen-bond donors (Lipinski definition) is 2. The predicted octanol–water partition coefficient (Wildman–Crippen LogP) is 1.01. The van der Waals surface area contributed by atoms with Crippen LogP contribution in [-0.4, -0.2) is 42.2 Å². The van der Waals surface area contributed by atoms with Crippen LogP contribution in [0.1, 0.15) is 6.42 Å². The molecule has 8 nitrogen and oxygen atoms in total. The van der Waals surface area contributed by atoms with Gasteiger partial charge in [0.15, 0.2) is 0 Å². The van der Waals surface area contributed by atoms with E-state index in [1.165, 1.54) is 17.4 Å². The molecule has 1 aromatic carbocycles. The number of hydrazine groups is 1. The monoisotopic (exact) mass is 332 g/mol. The van der Waals surface area contributed by atoms with Crippen molar-refractivity contribution >= 4 is 33.2 Å². The maximum absolute atomic E-state index is 12.6. The third kappa shape index (κ3) is 3.12. The summed E-state index contributed by atoms with van der Waals surface area (Å²) in [4.78, 5) is 10.1. The van der Waals surface area contributed by atoms with Crippen molar-refractivity contribution in [2.75, 3.05) is 24.0 Å². The number of rotatable bonds is 5. The number of benzene rings is 1. The molecular formula is C11H16N4O4S2. The summed E-state index contributed by atoms with van der Waals surface area (Å²) >= 11 is 1.70. The van der Waals surface area contributed by atoms with Crippen molar-refractivity contribution in [1.29, 1.82) is 0 Å². The van der Waals surface area contributed by atoms with E-state index in [2.05, 4.69) is 5.43 Å². The minimum absolute atomic E-state index is 0.0155. The van der Waals surface area contributed by atoms with Crippen LogP contribution in [-0.2, 0) is 10.0 Å². The molecule has 1 aromatic rings. The van der Waals surface area contributed by atoms with Gasteiger partial charge in [0.05, 0.1) is 10.6 Å². The van der Waals surface area contributed by atoms with E-state index >= 15 is 0 Å². The van der Waals surface area contributed by atoms with Crippen LogP contribution in [0.3, 0.4) is 0 Å². The van der Waals surface area contributed by atoms with Gasteiger partial charge in [-0.2, -0.15) is 16.1 Å². The van der Waals surface area contributed by atoms with Crippen molar-refractivity contribution in [3.05, 3.63) is 28.3 Å². The lowest BCUT2D eigenvalue weighted by atomic mass is 10.3. The summed E-state index contributed by atoms with van der Waals surface area (Å²) in [7, 11) is -2.23. The van der Waals surface area contributed by atoms with Gasteiger partial charge in [-0.25, -0.2) is 8.42 Å². The first kappa shape index (κ1) is 16.0. The molecule has 3 N–H and O–H groups in total. The standard InChI is InChI=1S/C11H16N4O4S2/c1-14(9-4-5-20-7-9)21(18,19)11-3-2-8(15(16)17)6-10(11)13-12/h2-3,6,9,13H,4-5,7,12H2,1H3. The Morgan fingerprint density at radius 1 is 1.52 bits per heavy atom. The first-order chi connectivity index (χ1) is 9.87. The largest absolute Gasteiger partial charge is 0.323 e. The van der Waals surface area contributed by atoms with Crippen LogP contribution in [0, 0.1) is 10.1 Å². The lowest BCUT2D eigenvalue weighted by Crippen LogP contribution is -2.37. The minimum Gasteiger partial charge on any atom is -0.323 e. The molecule has 1 unspecified atom stereocenters. The highest BCUT2D eigenvalue weighted by Gasteiger charge is 2.32. The van der Waals surface area contributed by atoms with Gasteiger partial charge in [0.2, 0.25) is 10.0 Å². The molecule has 21 heavy (non-hydrogen) atoms. The highest BCUT2D eigenvalue weighted by atomic mass is 32.2. The van der Waals surface area contributed by atoms with E-state index in [1.54, 1.807) is 11.8 Å². The first-order valence-electron chi connectivity index (χ1n) is 6.18. The van der Waals surface area contributed by atoms with Gasteiger partial charge in [0.25, 0.3) is 5.69 Å². The second kappa shape index (κ2) is 6.18. The Morgan fingerprint density at radius 3 is 2.76 bits per heavy atom. The van der Waals surface area contributed by atoms with Crippen LogP contribution >= 0.6 is 11.8 Å². The zero-order valence-corrected chi connectivity index (χ0v) is 13.0. The molecule has 0 bridgehead atoms. The summed E-state index contributed by atoms with van der Waals surface area (Å²) in [6.45, 7) is 0. The Balaban J connectivity index is 2.41. The minimum atomic E-state index is -3.75. The zero-order chi connectivity index (χ0) is 15.6. The fourth-order valence-corrected chi connectivity index (χ4v) is 5.01. The van der Waals surface area contributed by atoms with E-state index in [0.29, 0.717) is 0 Å². The van der Waals surface area contributed by atoms with Gasteiger partial charge < -0.3 is 5.43 Å². The Labute approximate surface area is 126 Å². The van der Waals surface area contributed by atoms with Gasteiger partial charge in [-0.3, -0.25) is 16.0 Å². The molecule has 0 radical (unpaired) electrons. The molecule has 0 amide bonds. The Hall–Kier alpha value is -1.36. The number of nitrogens with two attached hydrogens (primary N) is 1. The predicted molar refractivity (Wildman–Crippen MR) is 81.6 cm³/mol. The number of anilines is 1. The average Bonchev–Trinajstić information content (AvgIpc) is 2.99. The number of thioether (sulfide) groups is 1. The van der Waals surface area contributed by atoms with Crippen molar-refractivity contribution in [2.45, 2.75) is 17.4 Å². The van der Waals surface area contributed by atoms with Crippen LogP contribution in [0.4, 0.5) is 11.4 Å². The molecule has 1 aliphatic rings. The van der Waals surface area contributed by atoms with Crippen LogP contribution in [0.2, 0.25) is 0 Å². The van der Waals surface area contributed by atoms with Crippen LogP contribution in [0.5, 0.6) is 0 Å². The number of nitro groups is 1. The van der Waals surface area contributed by atoms with E-state index in [9.17, 15) is 18.5 Å². The molecule has 1 heterocycles. The molecule has 1 fully saturated rings. The lowest BCUT2D eigenvalue weighted by molar-refractivity contribution is -0.384. The van der Waals surface area contributed by atoms with E-state index in [0.717, 1.165) is 30.1 Å². The van der Waals surface area contributed by atoms with Gasteiger partial charge >= 0.3 is 0 Å². The number of nitro benzene ring substituents is 1. The summed E-state index contributed by atoms with van der Waals surface area (Å²) in [5.41, 5.74) is 2.02. The number of sulfonamides is 1. The number of nitrogen functional groups attached to an aromatic ring is 1. The quantitative estimate of drug-likeness (QED) is 0.469. The van der Waals surface area contributed by atoms with Gasteiger partial charge in [-0.05, 0) is 18.2 Å². The first-order valence-corrected chi connectivity index (χ1v) is 8.78. The highest BCUT2D eigenvalue weighted by molar-refractivity contribution is 7.99. The van der Waals surface area contributed by atoms with E-state index in [-0.39, 0.29) is 22.3 Å². The number of hydrogen-bond acceptors (Lipinski definition) is 7. The summed E-state index contributed by atoms with van der Waals surface area (Å²) in [5, 5.41) is 10.7. The maximum atomic E-state index is 12.6. The molecule has 0 spiro atoms. The molecular weight excluding hydrogens is 316 g/mol. The molecule has 1 aliphatic heterocycles. The second-order valence-corrected chi connectivity index (χ2v) is 7.74. The van der Waals surface area contributed by atoms with Crippen molar-refractivity contribution < 1.29 is 13.3 Å². The topological polar surface area (TPSA) is 119 Å². The van der Waals surface area contributed by atoms with E-state index < -0.39 is 14.9 Å². The van der Waals surface area contributed by atoms with Gasteiger partial charge in [0.1, 0.15) is 4.90 Å². The Kier molecular flexibility index (Phi) is 4.71. The summed E-state index contributed by atoms with van der Waals surface area (Å²) < 4.78 is 26.6. The van der Waals surface area contributed by atoms with Crippen molar-refractivity contribution in [3.8, 4) is 0 Å². The molecule has 0 aromatic heterocycles. The van der Waals surface area contributed by atoms with Crippen LogP contribution in [0.25, 0.3) is 0 Å². The van der Waals surface area contributed by atoms with Crippen molar-refractivity contribution in [1.82, 2.24) is 4.31 Å². The zero-order valence-electron chi connectivity index (χ0n) is 11.4. The maximum Gasteiger partial charge on any atom is 0.271 e. The number of nitrogens with one attached hydrogen (secondary N) is 1. The fraction of sp³-hybridized carbons (Fsp3) is 0.455. The smallest absolute Gasteiger partial charge is 0.271 e. The lowest BCUT2D eigenvalue weighted by Gasteiger charge is -2.24. The molecule has 1 atom stereocenters. The fourth-order valence-electron chi connectivity index (χ4n) is 2.13. The molecule has 2 rings (SSSR count). The molecule has 0 saturated carbocycles. The number of non-ortho nitro benzene ring substituents is 1. The van der Waals surface area contributed by atoms with Gasteiger partial charge in [-0.15, -0.1) is 0 Å². The van der Waals surface area contributed by atoms with E-state index in [1.807, 2.05) is 0 Å². The summed E-state index contributed by atoms with van der Waals surface area (Å²) in [6.07, 6.45) is 0.790. The van der Waals surface area contributed by atoms with Crippen LogP contribution < -0.4 is 11.3 Å². The molecule has 116 valence electrons. The van der Waals surface area contributed by atoms with Crippen LogP contribution in [0.15, 0.2) is 23.1 Å². The summed E-state index contributed by atoms with van der Waals surface area (Å²) in [6, 6.07) is 3.41. The SMILES string of the molecule is CN(C1CCSC1)S(=O)(=O)c1ccc([N+](=O)[O-])cc1NN. The molecule has 1 saturated heterocycles. The van der Waals surface area contributed by atoms with Gasteiger partial charge in [-0.1, -0.05) is 0 Å². The Bertz CT molecular complexity index is 644. The third-order valence-corrected chi connectivity index (χ3v) is 6.52. The van der Waals surface area contributed by atoms with Crippen molar-refractivity contribution in [2.24, 2.45) is 5.84 Å². The third-order valence-electron chi connectivity index (χ3n) is 3.41. The van der Waals surface area contributed by atoms with Crippen molar-refractivity contribution in [3.63, 3.8) is 0 Å². The van der Waals surface area contributed by atoms with E-state index in [4.69, 9.17) is 5.84 Å². The summed E-state index contributed by atoms with van der Waals surface area (Å²) in [5.74, 6) is 6.98.